The minimum atomic E-state index is -0.365. The van der Waals surface area contributed by atoms with Crippen molar-refractivity contribution in [3.63, 3.8) is 0 Å². The van der Waals surface area contributed by atoms with Crippen molar-refractivity contribution in [1.82, 2.24) is 0 Å². The molecule has 1 aromatic rings. The van der Waals surface area contributed by atoms with Crippen LogP contribution >= 0.6 is 0 Å². The number of hydrogen-bond acceptors (Lipinski definition) is 3. The van der Waals surface area contributed by atoms with Crippen LogP contribution in [0, 0.1) is 0 Å². The number of carbonyl (C=O) groups excluding carboxylic acids is 1. The summed E-state index contributed by atoms with van der Waals surface area (Å²) in [5, 5.41) is 1.90. The maximum atomic E-state index is 10.8. The van der Waals surface area contributed by atoms with E-state index in [2.05, 4.69) is 4.99 Å². The van der Waals surface area contributed by atoms with E-state index in [1.807, 2.05) is 30.3 Å². The molecule has 2 heterocycles. The first-order valence-electron chi connectivity index (χ1n) is 5.09. The molecule has 2 aliphatic heterocycles. The Bertz CT molecular complexity index is 616. The molecule has 1 unspecified atom stereocenters. The summed E-state index contributed by atoms with van der Waals surface area (Å²) in [7, 11) is 0. The molecule has 1 aromatic carbocycles. The van der Waals surface area contributed by atoms with Gasteiger partial charge >= 0.3 is 0 Å². The van der Waals surface area contributed by atoms with Crippen molar-refractivity contribution in [1.29, 1.82) is 0 Å². The first-order chi connectivity index (χ1) is 7.74. The number of rotatable bonds is 2. The second kappa shape index (κ2) is 3.20. The monoisotopic (exact) mass is 214 g/mol. The topological polar surface area (TPSA) is 64.7 Å². The molecule has 0 fully saturated rings. The Morgan fingerprint density at radius 1 is 1.44 bits per heavy atom. The lowest BCUT2D eigenvalue weighted by atomic mass is 10.2. The summed E-state index contributed by atoms with van der Waals surface area (Å²) in [6.45, 7) is 0. The van der Waals surface area contributed by atoms with E-state index in [1.165, 1.54) is 0 Å². The molecule has 80 valence electrons. The molecule has 1 atom stereocenters. The number of carbonyl (C=O) groups is 1. The molecule has 16 heavy (non-hydrogen) atoms. The average Bonchev–Trinajstić information content (AvgIpc) is 2.73. The predicted octanol–water partition coefficient (Wildman–Crippen LogP) is -0.414. The average molecular weight is 214 g/mol. The van der Waals surface area contributed by atoms with E-state index in [0.717, 1.165) is 22.0 Å². The molecule has 0 radical (unpaired) electrons. The Morgan fingerprint density at radius 3 is 3.06 bits per heavy atom. The predicted molar refractivity (Wildman–Crippen MR) is 57.4 cm³/mol. The quantitative estimate of drug-likeness (QED) is 0.727. The number of fused-ring (bicyclic) bond motifs is 2. The van der Waals surface area contributed by atoms with Crippen molar-refractivity contribution in [3.05, 3.63) is 46.6 Å². The van der Waals surface area contributed by atoms with E-state index in [1.54, 1.807) is 0 Å². The highest BCUT2D eigenvalue weighted by molar-refractivity contribution is 5.75. The van der Waals surface area contributed by atoms with Crippen LogP contribution in [0.3, 0.4) is 0 Å². The minimum Gasteiger partial charge on any atom is -0.483 e. The van der Waals surface area contributed by atoms with Crippen LogP contribution in [0.1, 0.15) is 6.42 Å². The van der Waals surface area contributed by atoms with Crippen LogP contribution in [-0.4, -0.2) is 12.0 Å². The van der Waals surface area contributed by atoms with Crippen molar-refractivity contribution in [2.45, 2.75) is 12.5 Å². The lowest BCUT2D eigenvalue weighted by Crippen LogP contribution is -2.24. The molecule has 0 bridgehead atoms. The molecule has 0 spiro atoms. The van der Waals surface area contributed by atoms with Crippen molar-refractivity contribution >= 4 is 11.7 Å². The Hall–Kier alpha value is -2.10. The summed E-state index contributed by atoms with van der Waals surface area (Å²) >= 11 is 0. The van der Waals surface area contributed by atoms with Gasteiger partial charge in [-0.05, 0) is 18.2 Å². The van der Waals surface area contributed by atoms with Crippen molar-refractivity contribution in [3.8, 4) is 0 Å². The second-order valence-corrected chi connectivity index (χ2v) is 3.84. The zero-order valence-corrected chi connectivity index (χ0v) is 8.51. The number of amides is 1. The molecule has 2 N–H and O–H groups in total. The summed E-state index contributed by atoms with van der Waals surface area (Å²) < 4.78 is 5.65. The van der Waals surface area contributed by atoms with Crippen LogP contribution in [-0.2, 0) is 9.53 Å². The van der Waals surface area contributed by atoms with Gasteiger partial charge in [0.1, 0.15) is 11.8 Å². The lowest BCUT2D eigenvalue weighted by Gasteiger charge is -2.06. The summed E-state index contributed by atoms with van der Waals surface area (Å²) in [5.74, 6) is 0.401. The van der Waals surface area contributed by atoms with Gasteiger partial charge in [-0.3, -0.25) is 4.79 Å². The van der Waals surface area contributed by atoms with E-state index in [4.69, 9.17) is 10.5 Å². The van der Waals surface area contributed by atoms with Gasteiger partial charge in [-0.25, -0.2) is 4.99 Å². The number of benzene rings is 1. The van der Waals surface area contributed by atoms with Crippen LogP contribution in [0.25, 0.3) is 5.76 Å². The minimum absolute atomic E-state index is 0.199. The molecule has 3 rings (SSSR count). The first-order valence-corrected chi connectivity index (χ1v) is 5.09. The molecular weight excluding hydrogens is 204 g/mol. The fourth-order valence-corrected chi connectivity index (χ4v) is 1.98. The molecule has 0 saturated heterocycles. The zero-order valence-electron chi connectivity index (χ0n) is 8.51. The summed E-state index contributed by atoms with van der Waals surface area (Å²) in [5.41, 5.74) is 5.94. The number of hydrogen-bond donors (Lipinski definition) is 1. The smallest absolute Gasteiger partial charge is 0.221 e. The normalized spacial score (nSPS) is 20.6. The third-order valence-corrected chi connectivity index (χ3v) is 2.64. The molecule has 1 amide bonds. The van der Waals surface area contributed by atoms with E-state index < -0.39 is 0 Å². The van der Waals surface area contributed by atoms with Gasteiger partial charge in [-0.15, -0.1) is 0 Å². The second-order valence-electron chi connectivity index (χ2n) is 3.84. The van der Waals surface area contributed by atoms with Crippen molar-refractivity contribution in [2.24, 2.45) is 10.7 Å². The van der Waals surface area contributed by atoms with E-state index in [-0.39, 0.29) is 18.4 Å². The van der Waals surface area contributed by atoms with Gasteiger partial charge in [0, 0.05) is 5.22 Å². The number of nitrogens with two attached hydrogens (primary N) is 1. The fraction of sp³-hybridized carbons (Fsp3) is 0.167. The highest BCUT2D eigenvalue weighted by Crippen LogP contribution is 2.27. The highest BCUT2D eigenvalue weighted by atomic mass is 16.5. The van der Waals surface area contributed by atoms with Crippen LogP contribution in [0.4, 0.5) is 0 Å². The number of ether oxygens (including phenoxy) is 1. The lowest BCUT2D eigenvalue weighted by molar-refractivity contribution is -0.119. The molecule has 4 nitrogen and oxygen atoms in total. The Kier molecular flexibility index (Phi) is 1.83. The van der Waals surface area contributed by atoms with Gasteiger partial charge in [-0.1, -0.05) is 12.1 Å². The largest absolute Gasteiger partial charge is 0.483 e. The van der Waals surface area contributed by atoms with Gasteiger partial charge in [0.05, 0.1) is 11.8 Å². The SMILES string of the molecule is NC(=O)CC1C=C2N=c3ccccc3=C2O1. The van der Waals surface area contributed by atoms with Gasteiger partial charge in [0.25, 0.3) is 0 Å². The first kappa shape index (κ1) is 9.15. The molecule has 2 aliphatic rings. The summed E-state index contributed by atoms with van der Waals surface area (Å²) in [6.07, 6.45) is 1.78. The molecule has 0 aliphatic carbocycles. The summed E-state index contributed by atoms with van der Waals surface area (Å²) in [6, 6.07) is 7.77. The summed E-state index contributed by atoms with van der Waals surface area (Å²) in [4.78, 5) is 15.2. The van der Waals surface area contributed by atoms with E-state index in [0.29, 0.717) is 0 Å². The van der Waals surface area contributed by atoms with Crippen LogP contribution in [0.2, 0.25) is 0 Å². The zero-order chi connectivity index (χ0) is 11.1. The van der Waals surface area contributed by atoms with Gasteiger partial charge in [-0.2, -0.15) is 0 Å². The third-order valence-electron chi connectivity index (χ3n) is 2.64. The standard InChI is InChI=1S/C12H10N2O2/c13-11(15)6-7-5-10-12(16-7)8-3-1-2-4-9(8)14-10/h1-5,7H,6H2,(H2,13,15). The number of nitrogens with zero attached hydrogens (tertiary/aromatic N) is 1. The van der Waals surface area contributed by atoms with Crippen LogP contribution < -0.4 is 16.3 Å². The number of primary amides is 1. The highest BCUT2D eigenvalue weighted by Gasteiger charge is 2.26. The van der Waals surface area contributed by atoms with Gasteiger partial charge in [0.15, 0.2) is 5.76 Å². The fourth-order valence-electron chi connectivity index (χ4n) is 1.98. The number of para-hydroxylation sites is 1. The molecule has 4 heteroatoms. The Labute approximate surface area is 91.7 Å². The van der Waals surface area contributed by atoms with Gasteiger partial charge < -0.3 is 10.5 Å². The maximum absolute atomic E-state index is 10.8. The van der Waals surface area contributed by atoms with Crippen LogP contribution in [0.5, 0.6) is 0 Å². The maximum Gasteiger partial charge on any atom is 0.221 e. The molecular formula is C12H10N2O2. The molecule has 0 saturated carbocycles. The van der Waals surface area contributed by atoms with Crippen molar-refractivity contribution in [2.75, 3.05) is 0 Å². The Morgan fingerprint density at radius 2 is 2.25 bits per heavy atom. The van der Waals surface area contributed by atoms with E-state index >= 15 is 0 Å². The van der Waals surface area contributed by atoms with E-state index in [9.17, 15) is 4.79 Å². The van der Waals surface area contributed by atoms with Gasteiger partial charge in [0.2, 0.25) is 5.91 Å². The third kappa shape index (κ3) is 1.31. The van der Waals surface area contributed by atoms with Crippen LogP contribution in [0.15, 0.2) is 41.0 Å². The molecule has 0 aromatic heterocycles. The Balaban J connectivity index is 2.04. The van der Waals surface area contributed by atoms with Crippen molar-refractivity contribution < 1.29 is 9.53 Å².